The molecule has 0 amide bonds. The van der Waals surface area contributed by atoms with Crippen molar-refractivity contribution in [1.82, 2.24) is 4.98 Å². The predicted molar refractivity (Wildman–Crippen MR) is 80.4 cm³/mol. The number of pyridine rings is 1. The Kier molecular flexibility index (Phi) is 4.93. The fourth-order valence-electron chi connectivity index (χ4n) is 1.79. The fourth-order valence-corrected chi connectivity index (χ4v) is 3.75. The summed E-state index contributed by atoms with van der Waals surface area (Å²) in [7, 11) is -7.87. The van der Waals surface area contributed by atoms with Crippen molar-refractivity contribution in [2.75, 3.05) is 18.1 Å². The monoisotopic (exact) mass is 400 g/mol. The SMILES string of the molecule is CP(C)(=O)c1ccc(NS(=O)(=O)c2c(F)c(F)c(F)c(F)c2F)cn1. The number of nitrogens with one attached hydrogen (secondary N) is 1. The van der Waals surface area contributed by atoms with Crippen LogP contribution >= 0.6 is 7.14 Å². The maximum Gasteiger partial charge on any atom is 0.268 e. The fraction of sp³-hybridized carbons (Fsp3) is 0.154. The third kappa shape index (κ3) is 3.67. The number of hydrogen-bond donors (Lipinski definition) is 1. The number of anilines is 1. The van der Waals surface area contributed by atoms with Crippen molar-refractivity contribution in [3.05, 3.63) is 47.4 Å². The van der Waals surface area contributed by atoms with Gasteiger partial charge in [-0.2, -0.15) is 0 Å². The van der Waals surface area contributed by atoms with E-state index in [4.69, 9.17) is 0 Å². The van der Waals surface area contributed by atoms with E-state index >= 15 is 0 Å². The van der Waals surface area contributed by atoms with Crippen LogP contribution in [0.15, 0.2) is 23.2 Å². The Morgan fingerprint density at radius 1 is 0.920 bits per heavy atom. The Hall–Kier alpha value is -2.00. The van der Waals surface area contributed by atoms with Crippen LogP contribution in [-0.4, -0.2) is 26.7 Å². The minimum absolute atomic E-state index is 0.159. The van der Waals surface area contributed by atoms with Crippen molar-refractivity contribution in [2.45, 2.75) is 4.90 Å². The Balaban J connectivity index is 2.49. The summed E-state index contributed by atoms with van der Waals surface area (Å²) in [5.41, 5.74) is -0.159. The average molecular weight is 400 g/mol. The Bertz CT molecular complexity index is 961. The number of halogens is 5. The summed E-state index contributed by atoms with van der Waals surface area (Å²) in [6.07, 6.45) is 0.901. The molecule has 0 atom stereocenters. The second-order valence-electron chi connectivity index (χ2n) is 5.26. The van der Waals surface area contributed by atoms with E-state index in [2.05, 4.69) is 4.98 Å². The lowest BCUT2D eigenvalue weighted by molar-refractivity contribution is 0.358. The zero-order chi connectivity index (χ0) is 19.2. The zero-order valence-electron chi connectivity index (χ0n) is 12.6. The maximum absolute atomic E-state index is 13.6. The van der Waals surface area contributed by atoms with E-state index < -0.39 is 51.1 Å². The molecule has 5 nitrogen and oxygen atoms in total. The normalized spacial score (nSPS) is 12.3. The molecule has 12 heteroatoms. The van der Waals surface area contributed by atoms with E-state index in [1.807, 2.05) is 0 Å². The van der Waals surface area contributed by atoms with Gasteiger partial charge in [0.05, 0.1) is 17.3 Å². The molecule has 2 rings (SSSR count). The second kappa shape index (κ2) is 6.38. The molecule has 136 valence electrons. The van der Waals surface area contributed by atoms with Gasteiger partial charge < -0.3 is 4.57 Å². The second-order valence-corrected chi connectivity index (χ2v) is 10.0. The van der Waals surface area contributed by atoms with Crippen molar-refractivity contribution in [1.29, 1.82) is 0 Å². The van der Waals surface area contributed by atoms with Crippen molar-refractivity contribution in [3.63, 3.8) is 0 Å². The third-order valence-corrected chi connectivity index (χ3v) is 5.76. The summed E-state index contributed by atoms with van der Waals surface area (Å²) in [5, 5.41) is 0. The van der Waals surface area contributed by atoms with E-state index in [1.54, 1.807) is 4.72 Å². The van der Waals surface area contributed by atoms with Gasteiger partial charge in [-0.25, -0.2) is 30.4 Å². The molecule has 25 heavy (non-hydrogen) atoms. The Morgan fingerprint density at radius 2 is 1.40 bits per heavy atom. The topological polar surface area (TPSA) is 76.1 Å². The van der Waals surface area contributed by atoms with Crippen LogP contribution in [0.25, 0.3) is 0 Å². The molecule has 0 aliphatic carbocycles. The van der Waals surface area contributed by atoms with Gasteiger partial charge in [-0.3, -0.25) is 9.71 Å². The molecule has 1 aromatic heterocycles. The molecule has 1 heterocycles. The summed E-state index contributed by atoms with van der Waals surface area (Å²) in [5.74, 6) is -12.2. The Morgan fingerprint density at radius 3 is 1.80 bits per heavy atom. The lowest BCUT2D eigenvalue weighted by Crippen LogP contribution is -2.20. The van der Waals surface area contributed by atoms with E-state index in [1.165, 1.54) is 19.4 Å². The first-order valence-electron chi connectivity index (χ1n) is 6.42. The van der Waals surface area contributed by atoms with Gasteiger partial charge in [-0.05, 0) is 25.5 Å². The number of rotatable bonds is 4. The molecular formula is C13H10F5N2O3PS. The van der Waals surface area contributed by atoms with E-state index in [-0.39, 0.29) is 11.1 Å². The van der Waals surface area contributed by atoms with Gasteiger partial charge in [0.15, 0.2) is 28.2 Å². The molecule has 0 saturated heterocycles. The number of benzene rings is 1. The standard InChI is InChI=1S/C13H10F5N2O3PS/c1-24(2,21)7-4-3-6(5-19-7)20-25(22,23)13-11(17)9(15)8(14)10(16)12(13)18/h3-5,20H,1-2H3. The highest BCUT2D eigenvalue weighted by atomic mass is 32.2. The van der Waals surface area contributed by atoms with Crippen LogP contribution in [0.4, 0.5) is 27.6 Å². The highest BCUT2D eigenvalue weighted by molar-refractivity contribution is 7.92. The average Bonchev–Trinajstić information content (AvgIpc) is 2.50. The minimum Gasteiger partial charge on any atom is -0.318 e. The lowest BCUT2D eigenvalue weighted by Gasteiger charge is -2.12. The summed E-state index contributed by atoms with van der Waals surface area (Å²) < 4.78 is 104. The number of sulfonamides is 1. The van der Waals surface area contributed by atoms with Crippen LogP contribution < -0.4 is 10.2 Å². The number of aromatic nitrogens is 1. The van der Waals surface area contributed by atoms with Crippen LogP contribution in [0.3, 0.4) is 0 Å². The van der Waals surface area contributed by atoms with Crippen LogP contribution in [0.2, 0.25) is 0 Å². The summed E-state index contributed by atoms with van der Waals surface area (Å²) in [6, 6.07) is 2.29. The molecule has 0 fully saturated rings. The van der Waals surface area contributed by atoms with Crippen LogP contribution in [0, 0.1) is 29.1 Å². The summed E-state index contributed by atoms with van der Waals surface area (Å²) >= 11 is 0. The van der Waals surface area contributed by atoms with Crippen molar-refractivity contribution in [2.24, 2.45) is 0 Å². The summed E-state index contributed by atoms with van der Waals surface area (Å²) in [6.45, 7) is 2.82. The van der Waals surface area contributed by atoms with Gasteiger partial charge in [0.1, 0.15) is 7.14 Å². The van der Waals surface area contributed by atoms with Gasteiger partial charge in [0.2, 0.25) is 5.82 Å². The highest BCUT2D eigenvalue weighted by Crippen LogP contribution is 2.33. The van der Waals surface area contributed by atoms with E-state index in [9.17, 15) is 34.9 Å². The van der Waals surface area contributed by atoms with Gasteiger partial charge in [0, 0.05) is 0 Å². The van der Waals surface area contributed by atoms with Gasteiger partial charge in [0.25, 0.3) is 10.0 Å². The van der Waals surface area contributed by atoms with Crippen LogP contribution in [-0.2, 0) is 14.6 Å². The van der Waals surface area contributed by atoms with Crippen LogP contribution in [0.5, 0.6) is 0 Å². The molecule has 0 saturated carbocycles. The largest absolute Gasteiger partial charge is 0.318 e. The first-order valence-corrected chi connectivity index (χ1v) is 10.5. The molecule has 0 aliphatic rings. The smallest absolute Gasteiger partial charge is 0.268 e. The van der Waals surface area contributed by atoms with Gasteiger partial charge in [-0.15, -0.1) is 0 Å². The molecule has 2 aromatic rings. The highest BCUT2D eigenvalue weighted by Gasteiger charge is 2.33. The molecule has 0 spiro atoms. The first kappa shape index (κ1) is 19.3. The first-order chi connectivity index (χ1) is 11.4. The van der Waals surface area contributed by atoms with Crippen molar-refractivity contribution < 1.29 is 34.9 Å². The van der Waals surface area contributed by atoms with E-state index in [0.717, 1.165) is 12.3 Å². The number of nitrogens with zero attached hydrogens (tertiary/aromatic N) is 1. The minimum atomic E-state index is -5.14. The van der Waals surface area contributed by atoms with E-state index in [0.29, 0.717) is 0 Å². The molecule has 0 bridgehead atoms. The van der Waals surface area contributed by atoms with Gasteiger partial charge >= 0.3 is 0 Å². The van der Waals surface area contributed by atoms with Crippen LogP contribution in [0.1, 0.15) is 0 Å². The lowest BCUT2D eigenvalue weighted by atomic mass is 10.3. The molecule has 1 N–H and O–H groups in total. The molecule has 0 radical (unpaired) electrons. The Labute approximate surface area is 139 Å². The van der Waals surface area contributed by atoms with Gasteiger partial charge in [-0.1, -0.05) is 0 Å². The maximum atomic E-state index is 13.6. The van der Waals surface area contributed by atoms with Crippen molar-refractivity contribution in [3.8, 4) is 0 Å². The van der Waals surface area contributed by atoms with Crippen molar-refractivity contribution >= 4 is 28.3 Å². The third-order valence-electron chi connectivity index (χ3n) is 2.99. The summed E-state index contributed by atoms with van der Waals surface area (Å²) in [4.78, 5) is 1.73. The zero-order valence-corrected chi connectivity index (χ0v) is 14.4. The molecular weight excluding hydrogens is 390 g/mol. The molecule has 1 aromatic carbocycles. The molecule has 0 aliphatic heterocycles. The number of hydrogen-bond acceptors (Lipinski definition) is 4. The quantitative estimate of drug-likeness (QED) is 0.371. The predicted octanol–water partition coefficient (Wildman–Crippen LogP) is 2.83. The molecule has 0 unspecified atom stereocenters.